The summed E-state index contributed by atoms with van der Waals surface area (Å²) in [5, 5.41) is 3.44. The highest BCUT2D eigenvalue weighted by molar-refractivity contribution is 5.52. The third kappa shape index (κ3) is 2.01. The van der Waals surface area contributed by atoms with Gasteiger partial charge in [0.2, 0.25) is 0 Å². The largest absolute Gasteiger partial charge is 0.380 e. The number of nitrogens with one attached hydrogen (secondary N) is 1. The van der Waals surface area contributed by atoms with Crippen LogP contribution < -0.4 is 5.32 Å². The molecular formula is C15H21FN2. The lowest BCUT2D eigenvalue weighted by molar-refractivity contribution is 0.168. The van der Waals surface area contributed by atoms with Crippen molar-refractivity contribution >= 4 is 5.69 Å². The van der Waals surface area contributed by atoms with Crippen LogP contribution in [0.5, 0.6) is 0 Å². The van der Waals surface area contributed by atoms with Gasteiger partial charge in [-0.25, -0.2) is 4.39 Å². The Morgan fingerprint density at radius 2 is 1.89 bits per heavy atom. The van der Waals surface area contributed by atoms with Crippen molar-refractivity contribution in [3.8, 4) is 0 Å². The SMILES string of the molecule is Cc1cccc(F)c1NC1CC2CCC(C1)N2C. The number of hydrogen-bond acceptors (Lipinski definition) is 2. The highest BCUT2D eigenvalue weighted by Gasteiger charge is 2.38. The Labute approximate surface area is 108 Å². The van der Waals surface area contributed by atoms with Gasteiger partial charge in [0.1, 0.15) is 5.82 Å². The smallest absolute Gasteiger partial charge is 0.146 e. The van der Waals surface area contributed by atoms with Crippen LogP contribution in [0.15, 0.2) is 18.2 Å². The van der Waals surface area contributed by atoms with E-state index in [1.165, 1.54) is 12.8 Å². The van der Waals surface area contributed by atoms with Crippen LogP contribution in [0.25, 0.3) is 0 Å². The van der Waals surface area contributed by atoms with Crippen molar-refractivity contribution in [2.45, 2.75) is 50.7 Å². The van der Waals surface area contributed by atoms with Crippen molar-refractivity contribution in [2.24, 2.45) is 0 Å². The summed E-state index contributed by atoms with van der Waals surface area (Å²) in [7, 11) is 2.23. The molecule has 2 aliphatic rings. The first kappa shape index (κ1) is 12.0. The summed E-state index contributed by atoms with van der Waals surface area (Å²) in [6, 6.07) is 7.08. The van der Waals surface area contributed by atoms with Crippen LogP contribution in [0.2, 0.25) is 0 Å². The molecule has 0 aliphatic carbocycles. The van der Waals surface area contributed by atoms with Gasteiger partial charge in [0.05, 0.1) is 5.69 Å². The zero-order valence-corrected chi connectivity index (χ0v) is 11.1. The van der Waals surface area contributed by atoms with Gasteiger partial charge in [0.15, 0.2) is 0 Å². The second-order valence-corrected chi connectivity index (χ2v) is 5.79. The Balaban J connectivity index is 1.74. The number of halogens is 1. The maximum absolute atomic E-state index is 13.8. The van der Waals surface area contributed by atoms with E-state index in [-0.39, 0.29) is 5.82 Å². The second kappa shape index (κ2) is 4.54. The van der Waals surface area contributed by atoms with Gasteiger partial charge in [-0.1, -0.05) is 12.1 Å². The zero-order chi connectivity index (χ0) is 12.7. The molecule has 18 heavy (non-hydrogen) atoms. The van der Waals surface area contributed by atoms with Crippen LogP contribution in [0.4, 0.5) is 10.1 Å². The van der Waals surface area contributed by atoms with E-state index in [2.05, 4.69) is 17.3 Å². The minimum absolute atomic E-state index is 0.124. The fourth-order valence-electron chi connectivity index (χ4n) is 3.55. The molecular weight excluding hydrogens is 227 g/mol. The lowest BCUT2D eigenvalue weighted by Crippen LogP contribution is -2.44. The lowest BCUT2D eigenvalue weighted by Gasteiger charge is -2.37. The van der Waals surface area contributed by atoms with Crippen LogP contribution in [-0.2, 0) is 0 Å². The van der Waals surface area contributed by atoms with Gasteiger partial charge in [-0.15, -0.1) is 0 Å². The molecule has 3 heteroatoms. The summed E-state index contributed by atoms with van der Waals surface area (Å²) in [4.78, 5) is 2.51. The Bertz CT molecular complexity index is 412. The molecule has 0 spiro atoms. The molecule has 2 saturated heterocycles. The summed E-state index contributed by atoms with van der Waals surface area (Å²) in [6.07, 6.45) is 4.88. The average molecular weight is 248 g/mol. The average Bonchev–Trinajstić information content (AvgIpc) is 2.58. The highest BCUT2D eigenvalue weighted by atomic mass is 19.1. The molecule has 2 unspecified atom stereocenters. The standard InChI is InChI=1S/C15H21FN2/c1-10-4-3-5-14(16)15(10)17-11-8-12-6-7-13(9-11)18(12)2/h3-5,11-13,17H,6-9H2,1-2H3. The van der Waals surface area contributed by atoms with E-state index in [0.29, 0.717) is 23.8 Å². The molecule has 2 atom stereocenters. The van der Waals surface area contributed by atoms with Gasteiger partial charge >= 0.3 is 0 Å². The predicted molar refractivity (Wildman–Crippen MR) is 72.4 cm³/mol. The first-order valence-corrected chi connectivity index (χ1v) is 6.88. The molecule has 2 aliphatic heterocycles. The number of para-hydroxylation sites is 1. The fourth-order valence-corrected chi connectivity index (χ4v) is 3.55. The first-order chi connectivity index (χ1) is 8.65. The van der Waals surface area contributed by atoms with Gasteiger partial charge in [-0.2, -0.15) is 0 Å². The molecule has 2 heterocycles. The molecule has 1 aromatic rings. The molecule has 2 nitrogen and oxygen atoms in total. The van der Waals surface area contributed by atoms with Crippen LogP contribution >= 0.6 is 0 Å². The van der Waals surface area contributed by atoms with E-state index in [1.807, 2.05) is 13.0 Å². The molecule has 3 rings (SSSR count). The van der Waals surface area contributed by atoms with E-state index in [0.717, 1.165) is 18.4 Å². The quantitative estimate of drug-likeness (QED) is 0.864. The Kier molecular flexibility index (Phi) is 3.02. The Morgan fingerprint density at radius 1 is 1.22 bits per heavy atom. The molecule has 2 fully saturated rings. The van der Waals surface area contributed by atoms with Crippen molar-refractivity contribution in [1.29, 1.82) is 0 Å². The second-order valence-electron chi connectivity index (χ2n) is 5.79. The van der Waals surface area contributed by atoms with E-state index in [4.69, 9.17) is 0 Å². The van der Waals surface area contributed by atoms with Crippen molar-refractivity contribution in [3.63, 3.8) is 0 Å². The maximum atomic E-state index is 13.8. The van der Waals surface area contributed by atoms with Crippen molar-refractivity contribution in [2.75, 3.05) is 12.4 Å². The van der Waals surface area contributed by atoms with E-state index < -0.39 is 0 Å². The van der Waals surface area contributed by atoms with Crippen LogP contribution in [-0.4, -0.2) is 30.1 Å². The number of piperidine rings is 1. The van der Waals surface area contributed by atoms with Crippen molar-refractivity contribution in [1.82, 2.24) is 4.90 Å². The van der Waals surface area contributed by atoms with Crippen molar-refractivity contribution in [3.05, 3.63) is 29.6 Å². The van der Waals surface area contributed by atoms with Crippen LogP contribution in [0, 0.1) is 12.7 Å². The fraction of sp³-hybridized carbons (Fsp3) is 0.600. The van der Waals surface area contributed by atoms with Crippen molar-refractivity contribution < 1.29 is 4.39 Å². The van der Waals surface area contributed by atoms with Gasteiger partial charge in [0.25, 0.3) is 0 Å². The van der Waals surface area contributed by atoms with Crippen LogP contribution in [0.1, 0.15) is 31.2 Å². The number of benzene rings is 1. The third-order valence-corrected chi connectivity index (χ3v) is 4.67. The van der Waals surface area contributed by atoms with E-state index in [1.54, 1.807) is 12.1 Å². The molecule has 0 aromatic heterocycles. The molecule has 1 aromatic carbocycles. The third-order valence-electron chi connectivity index (χ3n) is 4.67. The normalized spacial score (nSPS) is 31.6. The van der Waals surface area contributed by atoms with E-state index >= 15 is 0 Å². The minimum atomic E-state index is -0.124. The maximum Gasteiger partial charge on any atom is 0.146 e. The summed E-state index contributed by atoms with van der Waals surface area (Å²) >= 11 is 0. The zero-order valence-electron chi connectivity index (χ0n) is 11.1. The summed E-state index contributed by atoms with van der Waals surface area (Å²) in [5.41, 5.74) is 1.70. The number of rotatable bonds is 2. The monoisotopic (exact) mass is 248 g/mol. The molecule has 1 N–H and O–H groups in total. The highest BCUT2D eigenvalue weighted by Crippen LogP contribution is 2.36. The van der Waals surface area contributed by atoms with E-state index in [9.17, 15) is 4.39 Å². The summed E-state index contributed by atoms with van der Waals surface area (Å²) in [5.74, 6) is -0.124. The number of aryl methyl sites for hydroxylation is 1. The number of anilines is 1. The van der Waals surface area contributed by atoms with Crippen LogP contribution in [0.3, 0.4) is 0 Å². The van der Waals surface area contributed by atoms with Gasteiger partial charge < -0.3 is 10.2 Å². The number of nitrogens with zero attached hydrogens (tertiary/aromatic N) is 1. The number of hydrogen-bond donors (Lipinski definition) is 1. The van der Waals surface area contributed by atoms with Gasteiger partial charge in [-0.3, -0.25) is 0 Å². The molecule has 0 amide bonds. The van der Waals surface area contributed by atoms with Gasteiger partial charge in [0, 0.05) is 18.1 Å². The molecule has 0 saturated carbocycles. The number of fused-ring (bicyclic) bond motifs is 2. The molecule has 2 bridgehead atoms. The molecule has 98 valence electrons. The van der Waals surface area contributed by atoms with Gasteiger partial charge in [-0.05, 0) is 51.3 Å². The first-order valence-electron chi connectivity index (χ1n) is 6.88. The Morgan fingerprint density at radius 3 is 2.50 bits per heavy atom. The molecule has 0 radical (unpaired) electrons. The lowest BCUT2D eigenvalue weighted by atomic mass is 9.97. The topological polar surface area (TPSA) is 15.3 Å². The predicted octanol–water partition coefficient (Wildman–Crippen LogP) is 3.17. The summed E-state index contributed by atoms with van der Waals surface area (Å²) < 4.78 is 13.8. The minimum Gasteiger partial charge on any atom is -0.380 e. The Hall–Kier alpha value is -1.09. The summed E-state index contributed by atoms with van der Waals surface area (Å²) in [6.45, 7) is 1.97.